The molecule has 0 amide bonds. The molecule has 1 atom stereocenters. The monoisotopic (exact) mass is 388 g/mol. The number of benzene rings is 2. The van der Waals surface area contributed by atoms with Gasteiger partial charge in [0, 0.05) is 22.9 Å². The molecule has 0 saturated carbocycles. The van der Waals surface area contributed by atoms with Crippen LogP contribution < -0.4 is 10.6 Å². The maximum absolute atomic E-state index is 13.7. The van der Waals surface area contributed by atoms with Gasteiger partial charge in [-0.3, -0.25) is 14.9 Å². The Morgan fingerprint density at radius 3 is 2.43 bits per heavy atom. The maximum Gasteiger partial charge on any atom is 0.406 e. The van der Waals surface area contributed by atoms with Crippen molar-refractivity contribution in [3.05, 3.63) is 80.0 Å². The third-order valence-electron chi connectivity index (χ3n) is 4.62. The number of alkyl halides is 3. The summed E-state index contributed by atoms with van der Waals surface area (Å²) in [6.07, 6.45) is -4.91. The van der Waals surface area contributed by atoms with Crippen LogP contribution in [0.2, 0.25) is 0 Å². The third kappa shape index (κ3) is 2.67. The normalized spacial score (nSPS) is 18.4. The summed E-state index contributed by atoms with van der Waals surface area (Å²) < 4.78 is 46.2. The summed E-state index contributed by atoms with van der Waals surface area (Å²) in [5, 5.41) is 11.7. The van der Waals surface area contributed by atoms with E-state index in [1.165, 1.54) is 12.1 Å². The summed E-state index contributed by atoms with van der Waals surface area (Å²) in [6.45, 7) is 1.74. The van der Waals surface area contributed by atoms with Crippen LogP contribution in [0.25, 0.3) is 11.3 Å². The number of carbonyl (C=O) groups is 1. The number of esters is 1. The van der Waals surface area contributed by atoms with Crippen LogP contribution in [-0.4, -0.2) is 17.1 Å². The number of fused-ring (bicyclic) bond motifs is 2. The molecule has 0 saturated heterocycles. The van der Waals surface area contributed by atoms with E-state index >= 15 is 0 Å². The van der Waals surface area contributed by atoms with E-state index in [0.29, 0.717) is 16.1 Å². The summed E-state index contributed by atoms with van der Waals surface area (Å²) in [7, 11) is 0. The van der Waals surface area contributed by atoms with Crippen LogP contribution in [0.4, 0.5) is 18.9 Å². The highest BCUT2D eigenvalue weighted by atomic mass is 19.4. The Balaban J connectivity index is 2.05. The van der Waals surface area contributed by atoms with Gasteiger partial charge in [0.2, 0.25) is 0 Å². The molecule has 2 aromatic rings. The molecule has 0 bridgehead atoms. The second-order valence-corrected chi connectivity index (χ2v) is 6.37. The molecule has 142 valence electrons. The second kappa shape index (κ2) is 6.01. The fourth-order valence-corrected chi connectivity index (χ4v) is 3.39. The highest BCUT2D eigenvalue weighted by Crippen LogP contribution is 2.46. The molecule has 6 nitrogen and oxygen atoms in total. The third-order valence-corrected chi connectivity index (χ3v) is 4.62. The van der Waals surface area contributed by atoms with Crippen LogP contribution in [0, 0.1) is 23.0 Å². The first-order valence-corrected chi connectivity index (χ1v) is 8.15. The summed E-state index contributed by atoms with van der Waals surface area (Å²) >= 11 is 0. The summed E-state index contributed by atoms with van der Waals surface area (Å²) in [5.41, 5.74) is -0.00819. The fraction of sp³-hybridized carbons (Fsp3) is 0.158. The zero-order valence-corrected chi connectivity index (χ0v) is 14.3. The minimum Gasteiger partial charge on any atom is -0.423 e. The molecule has 0 aliphatic carbocycles. The number of halogens is 3. The largest absolute Gasteiger partial charge is 0.423 e. The molecule has 0 spiro atoms. The van der Waals surface area contributed by atoms with E-state index in [9.17, 15) is 28.1 Å². The number of nitro groups is 1. The van der Waals surface area contributed by atoms with Gasteiger partial charge in [-0.2, -0.15) is 13.2 Å². The Labute approximate surface area is 155 Å². The van der Waals surface area contributed by atoms with Gasteiger partial charge in [0.05, 0.1) is 10.3 Å². The number of nitro benzene ring substituents is 1. The van der Waals surface area contributed by atoms with Crippen LogP contribution >= 0.6 is 0 Å². The van der Waals surface area contributed by atoms with Crippen LogP contribution in [0.1, 0.15) is 11.1 Å². The number of rotatable bonds is 2. The molecule has 2 aliphatic heterocycles. The number of hydrogen-bond acceptors (Lipinski definition) is 5. The van der Waals surface area contributed by atoms with Crippen LogP contribution in [0.3, 0.4) is 0 Å². The number of non-ortho nitro benzene ring substituents is 1. The van der Waals surface area contributed by atoms with Crippen molar-refractivity contribution in [2.45, 2.75) is 13.1 Å². The van der Waals surface area contributed by atoms with Crippen molar-refractivity contribution in [1.29, 1.82) is 0 Å². The molecule has 4 rings (SSSR count). The smallest absolute Gasteiger partial charge is 0.406 e. The molecule has 0 fully saturated rings. The number of nitrogens with zero attached hydrogens (tertiary/aromatic N) is 2. The van der Waals surface area contributed by atoms with E-state index in [0.717, 1.165) is 12.1 Å². The first kappa shape index (κ1) is 17.9. The zero-order chi connectivity index (χ0) is 20.2. The Morgan fingerprint density at radius 1 is 1.14 bits per heavy atom. The molecule has 1 unspecified atom stereocenters. The number of carbonyl (C=O) groups excluding carboxylic acids is 1. The summed E-state index contributed by atoms with van der Waals surface area (Å²) in [6, 6.07) is 9.59. The van der Waals surface area contributed by atoms with E-state index in [4.69, 9.17) is 4.74 Å². The van der Waals surface area contributed by atoms with E-state index in [1.807, 2.05) is 0 Å². The van der Waals surface area contributed by atoms with Crippen molar-refractivity contribution in [3.8, 4) is 0 Å². The molecule has 2 heterocycles. The molecule has 28 heavy (non-hydrogen) atoms. The minimum absolute atomic E-state index is 0.0197. The van der Waals surface area contributed by atoms with Gasteiger partial charge in [0.15, 0.2) is 11.7 Å². The van der Waals surface area contributed by atoms with Gasteiger partial charge in [-0.05, 0) is 36.2 Å². The topological polar surface area (TPSA) is 81.8 Å². The maximum atomic E-state index is 13.7. The minimum atomic E-state index is -4.91. The quantitative estimate of drug-likeness (QED) is 0.450. The van der Waals surface area contributed by atoms with Crippen molar-refractivity contribution in [2.75, 3.05) is 0 Å². The molecule has 0 aromatic heterocycles. The molecule has 0 radical (unpaired) electrons. The Morgan fingerprint density at radius 2 is 1.82 bits per heavy atom. The van der Waals surface area contributed by atoms with Crippen molar-refractivity contribution >= 4 is 23.0 Å². The van der Waals surface area contributed by atoms with Gasteiger partial charge in [0.25, 0.3) is 5.69 Å². The highest BCUT2D eigenvalue weighted by Gasteiger charge is 2.53. The van der Waals surface area contributed by atoms with Gasteiger partial charge in [-0.15, -0.1) is 0 Å². The lowest BCUT2D eigenvalue weighted by molar-refractivity contribution is -0.384. The van der Waals surface area contributed by atoms with E-state index < -0.39 is 23.0 Å². The Hall–Kier alpha value is -3.49. The Bertz CT molecular complexity index is 1180. The predicted octanol–water partition coefficient (Wildman–Crippen LogP) is 2.79. The van der Waals surface area contributed by atoms with Crippen molar-refractivity contribution < 1.29 is 27.6 Å². The van der Waals surface area contributed by atoms with E-state index in [-0.39, 0.29) is 28.3 Å². The summed E-state index contributed by atoms with van der Waals surface area (Å²) in [4.78, 5) is 26.8. The molecular formula is C19H11F3N2O4. The first-order chi connectivity index (χ1) is 13.2. The van der Waals surface area contributed by atoms with Gasteiger partial charge in [0.1, 0.15) is 5.70 Å². The van der Waals surface area contributed by atoms with E-state index in [2.05, 4.69) is 4.99 Å². The second-order valence-electron chi connectivity index (χ2n) is 6.37. The number of hydrogen-bond donors (Lipinski definition) is 0. The van der Waals surface area contributed by atoms with E-state index in [1.54, 1.807) is 25.1 Å². The predicted molar refractivity (Wildman–Crippen MR) is 91.0 cm³/mol. The zero-order valence-electron chi connectivity index (χ0n) is 14.3. The van der Waals surface area contributed by atoms with Crippen LogP contribution in [0.15, 0.2) is 53.2 Å². The van der Waals surface area contributed by atoms with Gasteiger partial charge in [-0.25, -0.2) is 4.99 Å². The highest BCUT2D eigenvalue weighted by molar-refractivity contribution is 6.00. The lowest BCUT2D eigenvalue weighted by Gasteiger charge is -2.28. The standard InChI is InChI=1S/C19H11F3N2O4/c1-9-3-2-4-12-13(9)17-16(23-12)14(15(18(25)28-17)19(20,21)22)10-5-7-11(8-6-10)24(26)27/h2-8,15H,1H3. The first-order valence-electron chi connectivity index (χ1n) is 8.15. The Kier molecular flexibility index (Phi) is 3.84. The van der Waals surface area contributed by atoms with Crippen LogP contribution in [-0.2, 0) is 9.53 Å². The summed E-state index contributed by atoms with van der Waals surface area (Å²) in [5.74, 6) is -4.01. The van der Waals surface area contributed by atoms with Crippen molar-refractivity contribution in [3.63, 3.8) is 0 Å². The number of ether oxygens (including phenoxy) is 1. The fourth-order valence-electron chi connectivity index (χ4n) is 3.39. The lowest BCUT2D eigenvalue weighted by Crippen LogP contribution is -2.37. The van der Waals surface area contributed by atoms with Gasteiger partial charge in [-0.1, -0.05) is 12.1 Å². The molecular weight excluding hydrogens is 377 g/mol. The van der Waals surface area contributed by atoms with Crippen molar-refractivity contribution in [2.24, 2.45) is 10.9 Å². The van der Waals surface area contributed by atoms with Crippen LogP contribution in [0.5, 0.6) is 0 Å². The molecule has 9 heteroatoms. The molecule has 2 aliphatic rings. The SMILES string of the molecule is Cc1cccc2c1=C1OC(=O)C(C(F)(F)F)C(c3ccc([N+](=O)[O-])cc3)=C1N=2. The average molecular weight is 388 g/mol. The number of aryl methyl sites for hydroxylation is 1. The van der Waals surface area contributed by atoms with Crippen molar-refractivity contribution in [1.82, 2.24) is 0 Å². The average Bonchev–Trinajstić information content (AvgIpc) is 2.99. The van der Waals surface area contributed by atoms with Gasteiger partial charge >= 0.3 is 12.1 Å². The molecule has 2 aromatic carbocycles. The van der Waals surface area contributed by atoms with Gasteiger partial charge < -0.3 is 4.74 Å². The lowest BCUT2D eigenvalue weighted by atomic mass is 9.87. The molecule has 0 N–H and O–H groups in total.